The largest absolute Gasteiger partial charge is 0.496 e. The van der Waals surface area contributed by atoms with E-state index in [1.807, 2.05) is 69.3 Å². The lowest BCUT2D eigenvalue weighted by atomic mass is 10.1. The third-order valence-electron chi connectivity index (χ3n) is 5.44. The van der Waals surface area contributed by atoms with Gasteiger partial charge >= 0.3 is 0 Å². The minimum Gasteiger partial charge on any atom is -0.496 e. The molecule has 0 heterocycles. The molecule has 0 aromatic heterocycles. The Hall–Kier alpha value is -3.16. The van der Waals surface area contributed by atoms with Gasteiger partial charge in [-0.15, -0.1) is 0 Å². The Bertz CT molecular complexity index is 1190. The highest BCUT2D eigenvalue weighted by Crippen LogP contribution is 2.25. The highest BCUT2D eigenvalue weighted by atomic mass is 32.2. The number of methoxy groups -OCH3 is 1. The molecule has 0 aliphatic heterocycles. The second-order valence-corrected chi connectivity index (χ2v) is 10.0. The first-order valence-corrected chi connectivity index (χ1v) is 12.2. The molecule has 0 saturated heterocycles. The highest BCUT2D eigenvalue weighted by Gasteiger charge is 2.27. The fourth-order valence-corrected chi connectivity index (χ4v) is 4.92. The molecule has 33 heavy (non-hydrogen) atoms. The first-order valence-electron chi connectivity index (χ1n) is 10.8. The van der Waals surface area contributed by atoms with Gasteiger partial charge in [0.2, 0.25) is 15.9 Å². The second-order valence-electron chi connectivity index (χ2n) is 8.10. The van der Waals surface area contributed by atoms with Gasteiger partial charge in [-0.3, -0.25) is 4.79 Å². The maximum atomic E-state index is 13.4. The van der Waals surface area contributed by atoms with E-state index < -0.39 is 15.9 Å². The molecule has 174 valence electrons. The summed E-state index contributed by atoms with van der Waals surface area (Å²) in [7, 11) is -2.31. The molecule has 0 aliphatic rings. The SMILES string of the molecule is COc1ccccc1[C@@H](C)NC(=O)CN(Cc1ccc(C)cc1)S(=O)(=O)c1ccc(C)cc1. The van der Waals surface area contributed by atoms with E-state index in [1.165, 1.54) is 4.31 Å². The molecule has 0 unspecified atom stereocenters. The van der Waals surface area contributed by atoms with Crippen LogP contribution < -0.4 is 10.1 Å². The number of para-hydroxylation sites is 1. The first kappa shape index (κ1) is 24.5. The molecule has 3 aromatic carbocycles. The molecule has 6 nitrogen and oxygen atoms in total. The number of aryl methyl sites for hydroxylation is 2. The van der Waals surface area contributed by atoms with Crippen molar-refractivity contribution >= 4 is 15.9 Å². The van der Waals surface area contributed by atoms with E-state index >= 15 is 0 Å². The van der Waals surface area contributed by atoms with Gasteiger partial charge in [0.25, 0.3) is 0 Å². The number of hydrogen-bond acceptors (Lipinski definition) is 4. The Morgan fingerprint density at radius 3 is 2.12 bits per heavy atom. The molecular weight excluding hydrogens is 436 g/mol. The summed E-state index contributed by atoms with van der Waals surface area (Å²) in [5.41, 5.74) is 3.67. The van der Waals surface area contributed by atoms with Crippen LogP contribution in [0.4, 0.5) is 0 Å². The summed E-state index contributed by atoms with van der Waals surface area (Å²) in [6.45, 7) is 5.50. The van der Waals surface area contributed by atoms with Crippen molar-refractivity contribution < 1.29 is 17.9 Å². The van der Waals surface area contributed by atoms with Crippen molar-refractivity contribution in [2.45, 2.75) is 38.3 Å². The van der Waals surface area contributed by atoms with E-state index in [1.54, 1.807) is 31.4 Å². The van der Waals surface area contributed by atoms with Crippen LogP contribution in [0, 0.1) is 13.8 Å². The normalized spacial score (nSPS) is 12.4. The Labute approximate surface area is 196 Å². The van der Waals surface area contributed by atoms with Crippen molar-refractivity contribution in [1.82, 2.24) is 9.62 Å². The van der Waals surface area contributed by atoms with Crippen LogP contribution in [0.5, 0.6) is 5.75 Å². The fraction of sp³-hybridized carbons (Fsp3) is 0.269. The van der Waals surface area contributed by atoms with Crippen LogP contribution in [-0.4, -0.2) is 32.3 Å². The van der Waals surface area contributed by atoms with Crippen molar-refractivity contribution in [1.29, 1.82) is 0 Å². The van der Waals surface area contributed by atoms with E-state index in [0.29, 0.717) is 5.75 Å². The molecule has 7 heteroatoms. The van der Waals surface area contributed by atoms with Crippen LogP contribution in [-0.2, 0) is 21.4 Å². The smallest absolute Gasteiger partial charge is 0.243 e. The first-order chi connectivity index (χ1) is 15.7. The summed E-state index contributed by atoms with van der Waals surface area (Å²) in [4.78, 5) is 13.1. The van der Waals surface area contributed by atoms with Crippen molar-refractivity contribution in [3.8, 4) is 5.75 Å². The number of sulfonamides is 1. The maximum absolute atomic E-state index is 13.4. The Kier molecular flexibility index (Phi) is 7.89. The van der Waals surface area contributed by atoms with Gasteiger partial charge in [-0.05, 0) is 44.5 Å². The molecular formula is C26H30N2O4S. The summed E-state index contributed by atoms with van der Waals surface area (Å²) in [5, 5.41) is 2.90. The number of carbonyl (C=O) groups excluding carboxylic acids is 1. The van der Waals surface area contributed by atoms with E-state index in [2.05, 4.69) is 5.32 Å². The summed E-state index contributed by atoms with van der Waals surface area (Å²) in [5.74, 6) is 0.269. The lowest BCUT2D eigenvalue weighted by Gasteiger charge is -2.24. The van der Waals surface area contributed by atoms with Crippen molar-refractivity contribution in [3.63, 3.8) is 0 Å². The van der Waals surface area contributed by atoms with Crippen LogP contribution in [0.3, 0.4) is 0 Å². The minimum absolute atomic E-state index is 0.0902. The van der Waals surface area contributed by atoms with Crippen LogP contribution in [0.1, 0.15) is 35.2 Å². The molecule has 0 spiro atoms. The number of rotatable bonds is 9. The zero-order valence-corrected chi connectivity index (χ0v) is 20.2. The highest BCUT2D eigenvalue weighted by molar-refractivity contribution is 7.89. The maximum Gasteiger partial charge on any atom is 0.243 e. The van der Waals surface area contributed by atoms with Gasteiger partial charge in [0.1, 0.15) is 5.75 Å². The second kappa shape index (κ2) is 10.6. The third kappa shape index (κ3) is 6.21. The minimum atomic E-state index is -3.89. The molecule has 3 rings (SSSR count). The summed E-state index contributed by atoms with van der Waals surface area (Å²) >= 11 is 0. The van der Waals surface area contributed by atoms with Crippen LogP contribution in [0.25, 0.3) is 0 Å². The van der Waals surface area contributed by atoms with Gasteiger partial charge in [-0.1, -0.05) is 65.7 Å². The quantitative estimate of drug-likeness (QED) is 0.508. The number of carbonyl (C=O) groups is 1. The lowest BCUT2D eigenvalue weighted by molar-refractivity contribution is -0.122. The summed E-state index contributed by atoms with van der Waals surface area (Å²) in [6, 6.07) is 21.3. The fourth-order valence-electron chi connectivity index (χ4n) is 3.53. The van der Waals surface area contributed by atoms with Gasteiger partial charge in [0.05, 0.1) is 24.6 Å². The molecule has 1 N–H and O–H groups in total. The van der Waals surface area contributed by atoms with Crippen molar-refractivity contribution in [2.24, 2.45) is 0 Å². The number of ether oxygens (including phenoxy) is 1. The molecule has 0 fully saturated rings. The van der Waals surface area contributed by atoms with Gasteiger partial charge in [0.15, 0.2) is 0 Å². The number of nitrogens with zero attached hydrogens (tertiary/aromatic N) is 1. The molecule has 0 aliphatic carbocycles. The number of hydrogen-bond donors (Lipinski definition) is 1. The van der Waals surface area contributed by atoms with Gasteiger partial charge in [-0.2, -0.15) is 4.31 Å². The Balaban J connectivity index is 1.84. The van der Waals surface area contributed by atoms with Crippen LogP contribution in [0.2, 0.25) is 0 Å². The van der Waals surface area contributed by atoms with Crippen molar-refractivity contribution in [2.75, 3.05) is 13.7 Å². The summed E-state index contributed by atoms with van der Waals surface area (Å²) < 4.78 is 33.5. The Morgan fingerprint density at radius 2 is 1.52 bits per heavy atom. The Morgan fingerprint density at radius 1 is 0.939 bits per heavy atom. The summed E-state index contributed by atoms with van der Waals surface area (Å²) in [6.07, 6.45) is 0. The predicted octanol–water partition coefficient (Wildman–Crippen LogP) is 4.38. The molecule has 3 aromatic rings. The van der Waals surface area contributed by atoms with E-state index in [9.17, 15) is 13.2 Å². The zero-order chi connectivity index (χ0) is 24.0. The van der Waals surface area contributed by atoms with Crippen LogP contribution >= 0.6 is 0 Å². The van der Waals surface area contributed by atoms with E-state index in [-0.39, 0.29) is 24.0 Å². The zero-order valence-electron chi connectivity index (χ0n) is 19.4. The standard InChI is InChI=1S/C26H30N2O4S/c1-19-9-13-22(14-10-19)17-28(33(30,31)23-15-11-20(2)12-16-23)18-26(29)27-21(3)24-7-5-6-8-25(24)32-4/h5-16,21H,17-18H2,1-4H3,(H,27,29)/t21-/m1/s1. The third-order valence-corrected chi connectivity index (χ3v) is 7.25. The lowest BCUT2D eigenvalue weighted by Crippen LogP contribution is -2.41. The van der Waals surface area contributed by atoms with E-state index in [0.717, 1.165) is 22.3 Å². The number of nitrogens with one attached hydrogen (secondary N) is 1. The average molecular weight is 467 g/mol. The molecule has 0 radical (unpaired) electrons. The monoisotopic (exact) mass is 466 g/mol. The van der Waals surface area contributed by atoms with Crippen LogP contribution in [0.15, 0.2) is 77.7 Å². The van der Waals surface area contributed by atoms with Crippen molar-refractivity contribution in [3.05, 3.63) is 95.1 Å². The molecule has 1 amide bonds. The van der Waals surface area contributed by atoms with E-state index in [4.69, 9.17) is 4.74 Å². The van der Waals surface area contributed by atoms with Gasteiger partial charge < -0.3 is 10.1 Å². The molecule has 0 bridgehead atoms. The average Bonchev–Trinajstić information content (AvgIpc) is 2.80. The van der Waals surface area contributed by atoms with Gasteiger partial charge in [0, 0.05) is 12.1 Å². The molecule has 1 atom stereocenters. The topological polar surface area (TPSA) is 75.7 Å². The molecule has 0 saturated carbocycles. The number of amides is 1. The van der Waals surface area contributed by atoms with Gasteiger partial charge in [-0.25, -0.2) is 8.42 Å². The number of benzene rings is 3. The predicted molar refractivity (Wildman–Crippen MR) is 130 cm³/mol.